The Morgan fingerprint density at radius 3 is 2.19 bits per heavy atom. The molecule has 1 unspecified atom stereocenters. The molecule has 7 heteroatoms. The van der Waals surface area contributed by atoms with E-state index < -0.39 is 11.9 Å². The second-order valence-corrected chi connectivity index (χ2v) is 6.84. The Hall–Kier alpha value is -2.08. The predicted molar refractivity (Wildman–Crippen MR) is 103 cm³/mol. The molecular weight excluding hydrogens is 354 g/mol. The van der Waals surface area contributed by atoms with Gasteiger partial charge in [0.25, 0.3) is 5.91 Å². The lowest BCUT2D eigenvalue weighted by atomic mass is 10.0. The van der Waals surface area contributed by atoms with Gasteiger partial charge >= 0.3 is 0 Å². The molecule has 1 rings (SSSR count). The number of hydrogen-bond donors (Lipinski definition) is 1. The van der Waals surface area contributed by atoms with Crippen molar-refractivity contribution < 1.29 is 14.4 Å². The second-order valence-electron chi connectivity index (χ2n) is 6.44. The first-order valence-corrected chi connectivity index (χ1v) is 9.18. The minimum absolute atomic E-state index is 0.0221. The molecule has 144 valence electrons. The maximum absolute atomic E-state index is 12.8. The Labute approximate surface area is 160 Å². The van der Waals surface area contributed by atoms with Crippen molar-refractivity contribution in [1.29, 1.82) is 0 Å². The molecule has 6 nitrogen and oxygen atoms in total. The number of hydrogen-bond acceptors (Lipinski definition) is 3. The molecule has 0 fully saturated rings. The van der Waals surface area contributed by atoms with Gasteiger partial charge in [0.05, 0.1) is 17.1 Å². The number of likely N-dealkylation sites (N-methyl/N-ethyl adjacent to an activating group) is 2. The third-order valence-electron chi connectivity index (χ3n) is 4.20. The Morgan fingerprint density at radius 1 is 1.12 bits per heavy atom. The fraction of sp³-hybridized carbons (Fsp3) is 0.526. The number of carbonyl (C=O) groups excluding carboxylic acids is 3. The lowest BCUT2D eigenvalue weighted by Crippen LogP contribution is -2.52. The van der Waals surface area contributed by atoms with E-state index >= 15 is 0 Å². The molecule has 0 bridgehead atoms. The zero-order valence-electron chi connectivity index (χ0n) is 16.1. The predicted octanol–water partition coefficient (Wildman–Crippen LogP) is 2.42. The Bertz CT molecular complexity index is 645. The molecule has 0 aliphatic carbocycles. The highest BCUT2D eigenvalue weighted by molar-refractivity contribution is 6.33. The summed E-state index contributed by atoms with van der Waals surface area (Å²) in [6.45, 7) is 8.63. The van der Waals surface area contributed by atoms with Crippen LogP contribution in [0, 0.1) is 5.92 Å². The number of benzene rings is 1. The molecule has 1 atom stereocenters. The zero-order chi connectivity index (χ0) is 19.9. The summed E-state index contributed by atoms with van der Waals surface area (Å²) in [7, 11) is 1.57. The molecule has 0 radical (unpaired) electrons. The summed E-state index contributed by atoms with van der Waals surface area (Å²) in [4.78, 5) is 40.5. The summed E-state index contributed by atoms with van der Waals surface area (Å²) in [5.74, 6) is -0.974. The van der Waals surface area contributed by atoms with Gasteiger partial charge in [-0.3, -0.25) is 14.4 Å². The highest BCUT2D eigenvalue weighted by Gasteiger charge is 2.29. The number of nitrogens with one attached hydrogen (secondary N) is 1. The van der Waals surface area contributed by atoms with Crippen molar-refractivity contribution in [3.8, 4) is 0 Å². The van der Waals surface area contributed by atoms with Crippen LogP contribution in [-0.2, 0) is 9.59 Å². The summed E-state index contributed by atoms with van der Waals surface area (Å²) >= 11 is 6.05. The third kappa shape index (κ3) is 5.73. The molecule has 0 aromatic heterocycles. The average Bonchev–Trinajstić information content (AvgIpc) is 2.59. The van der Waals surface area contributed by atoms with Gasteiger partial charge in [-0.15, -0.1) is 0 Å². The first-order valence-electron chi connectivity index (χ1n) is 8.80. The van der Waals surface area contributed by atoms with Crippen LogP contribution in [0.15, 0.2) is 24.3 Å². The van der Waals surface area contributed by atoms with E-state index in [1.807, 2.05) is 27.7 Å². The maximum Gasteiger partial charge on any atom is 0.253 e. The third-order valence-corrected chi connectivity index (χ3v) is 4.53. The minimum Gasteiger partial charge on any atom is -0.342 e. The topological polar surface area (TPSA) is 69.7 Å². The summed E-state index contributed by atoms with van der Waals surface area (Å²) in [5.41, 5.74) is 0.314. The van der Waals surface area contributed by atoms with Gasteiger partial charge < -0.3 is 15.1 Å². The van der Waals surface area contributed by atoms with Gasteiger partial charge in [-0.1, -0.05) is 37.6 Å². The Kier molecular flexibility index (Phi) is 8.58. The largest absolute Gasteiger partial charge is 0.342 e. The van der Waals surface area contributed by atoms with E-state index in [1.54, 1.807) is 36.2 Å². The molecule has 3 amide bonds. The van der Waals surface area contributed by atoms with Crippen LogP contribution >= 0.6 is 11.6 Å². The summed E-state index contributed by atoms with van der Waals surface area (Å²) in [5, 5.41) is 3.07. The van der Waals surface area contributed by atoms with Gasteiger partial charge in [-0.25, -0.2) is 0 Å². The van der Waals surface area contributed by atoms with Crippen LogP contribution in [0.4, 0.5) is 0 Å². The van der Waals surface area contributed by atoms with Crippen LogP contribution in [0.25, 0.3) is 0 Å². The standard InChI is InChI=1S/C19H28ClN3O3/c1-6-23(7-2)16(24)12-22(5)19(26)17(13(3)4)21-18(25)14-10-8-9-11-15(14)20/h8-11,13,17H,6-7,12H2,1-5H3,(H,21,25). The van der Waals surface area contributed by atoms with Crippen LogP contribution in [0.3, 0.4) is 0 Å². The van der Waals surface area contributed by atoms with E-state index in [-0.39, 0.29) is 24.3 Å². The Morgan fingerprint density at radius 2 is 1.69 bits per heavy atom. The lowest BCUT2D eigenvalue weighted by molar-refractivity contribution is -0.140. The number of amides is 3. The highest BCUT2D eigenvalue weighted by Crippen LogP contribution is 2.16. The smallest absolute Gasteiger partial charge is 0.253 e. The van der Waals surface area contributed by atoms with Crippen LogP contribution in [0.5, 0.6) is 0 Å². The van der Waals surface area contributed by atoms with Crippen molar-refractivity contribution in [3.63, 3.8) is 0 Å². The molecule has 26 heavy (non-hydrogen) atoms. The quantitative estimate of drug-likeness (QED) is 0.751. The van der Waals surface area contributed by atoms with E-state index in [4.69, 9.17) is 11.6 Å². The molecule has 0 heterocycles. The molecule has 1 aromatic carbocycles. The fourth-order valence-corrected chi connectivity index (χ4v) is 2.79. The van der Waals surface area contributed by atoms with E-state index in [9.17, 15) is 14.4 Å². The molecule has 0 saturated heterocycles. The molecule has 1 N–H and O–H groups in total. The normalized spacial score (nSPS) is 11.8. The van der Waals surface area contributed by atoms with Crippen molar-refractivity contribution in [3.05, 3.63) is 34.9 Å². The Balaban J connectivity index is 2.85. The summed E-state index contributed by atoms with van der Waals surface area (Å²) in [6, 6.07) is 5.93. The van der Waals surface area contributed by atoms with Crippen molar-refractivity contribution in [2.45, 2.75) is 33.7 Å². The molecule has 0 aliphatic rings. The van der Waals surface area contributed by atoms with Crippen LogP contribution in [0.2, 0.25) is 5.02 Å². The number of carbonyl (C=O) groups is 3. The van der Waals surface area contributed by atoms with Gasteiger partial charge in [0, 0.05) is 20.1 Å². The lowest BCUT2D eigenvalue weighted by Gasteiger charge is -2.28. The van der Waals surface area contributed by atoms with Crippen LogP contribution in [0.1, 0.15) is 38.1 Å². The van der Waals surface area contributed by atoms with E-state index in [1.165, 1.54) is 4.90 Å². The van der Waals surface area contributed by atoms with Gasteiger partial charge in [0.15, 0.2) is 0 Å². The monoisotopic (exact) mass is 381 g/mol. The average molecular weight is 382 g/mol. The zero-order valence-corrected chi connectivity index (χ0v) is 16.8. The second kappa shape index (κ2) is 10.2. The first-order chi connectivity index (χ1) is 12.2. The van der Waals surface area contributed by atoms with Gasteiger partial charge in [0.1, 0.15) is 6.04 Å². The van der Waals surface area contributed by atoms with Crippen LogP contribution in [-0.4, -0.2) is 60.2 Å². The summed E-state index contributed by atoms with van der Waals surface area (Å²) < 4.78 is 0. The fourth-order valence-electron chi connectivity index (χ4n) is 2.57. The van der Waals surface area contributed by atoms with Crippen LogP contribution < -0.4 is 5.32 Å². The van der Waals surface area contributed by atoms with E-state index in [0.29, 0.717) is 23.7 Å². The van der Waals surface area contributed by atoms with Crippen molar-refractivity contribution in [2.24, 2.45) is 5.92 Å². The summed E-state index contributed by atoms with van der Waals surface area (Å²) in [6.07, 6.45) is 0. The van der Waals surface area contributed by atoms with Gasteiger partial charge in [-0.2, -0.15) is 0 Å². The number of nitrogens with zero attached hydrogens (tertiary/aromatic N) is 2. The molecule has 0 spiro atoms. The van der Waals surface area contributed by atoms with Crippen molar-refractivity contribution >= 4 is 29.3 Å². The number of halogens is 1. The first kappa shape index (κ1) is 22.0. The molecule has 0 aliphatic heterocycles. The minimum atomic E-state index is -0.742. The molecule has 1 aromatic rings. The van der Waals surface area contributed by atoms with E-state index in [0.717, 1.165) is 0 Å². The van der Waals surface area contributed by atoms with Gasteiger partial charge in [0.2, 0.25) is 11.8 Å². The SMILES string of the molecule is CCN(CC)C(=O)CN(C)C(=O)C(NC(=O)c1ccccc1Cl)C(C)C. The van der Waals surface area contributed by atoms with Gasteiger partial charge in [-0.05, 0) is 31.9 Å². The highest BCUT2D eigenvalue weighted by atomic mass is 35.5. The van der Waals surface area contributed by atoms with Crippen molar-refractivity contribution in [2.75, 3.05) is 26.7 Å². The van der Waals surface area contributed by atoms with Crippen molar-refractivity contribution in [1.82, 2.24) is 15.1 Å². The number of rotatable bonds is 8. The molecule has 0 saturated carbocycles. The van der Waals surface area contributed by atoms with E-state index in [2.05, 4.69) is 5.32 Å². The maximum atomic E-state index is 12.8. The molecular formula is C19H28ClN3O3.